The van der Waals surface area contributed by atoms with Crippen LogP contribution < -0.4 is 4.90 Å². The molecule has 0 N–H and O–H groups in total. The zero-order valence-corrected chi connectivity index (χ0v) is 13.9. The Morgan fingerprint density at radius 1 is 1.00 bits per heavy atom. The van der Waals surface area contributed by atoms with Crippen LogP contribution in [0.5, 0.6) is 0 Å². The van der Waals surface area contributed by atoms with Crippen LogP contribution in [0.3, 0.4) is 0 Å². The lowest BCUT2D eigenvalue weighted by Gasteiger charge is -2.28. The highest BCUT2D eigenvalue weighted by Gasteiger charge is 2.17. The fourth-order valence-electron chi connectivity index (χ4n) is 3.19. The molecule has 118 valence electrons. The van der Waals surface area contributed by atoms with Crippen molar-refractivity contribution in [1.82, 2.24) is 14.6 Å². The number of rotatable bonds is 2. The number of aryl methyl sites for hydroxylation is 1. The number of anilines is 1. The third kappa shape index (κ3) is 2.79. The average Bonchev–Trinajstić information content (AvgIpc) is 2.99. The molecule has 5 heteroatoms. The van der Waals surface area contributed by atoms with Gasteiger partial charge in [0.2, 0.25) is 0 Å². The van der Waals surface area contributed by atoms with Crippen molar-refractivity contribution >= 4 is 23.1 Å². The van der Waals surface area contributed by atoms with Crippen molar-refractivity contribution in [2.75, 3.05) is 18.0 Å². The van der Waals surface area contributed by atoms with Gasteiger partial charge in [-0.25, -0.2) is 4.98 Å². The van der Waals surface area contributed by atoms with E-state index in [1.807, 2.05) is 41.8 Å². The van der Waals surface area contributed by atoms with Gasteiger partial charge in [-0.3, -0.25) is 0 Å². The summed E-state index contributed by atoms with van der Waals surface area (Å²) in [6.45, 7) is 4.23. The third-order valence-electron chi connectivity index (χ3n) is 4.36. The van der Waals surface area contributed by atoms with Crippen molar-refractivity contribution in [3.63, 3.8) is 0 Å². The second kappa shape index (κ2) is 5.85. The van der Waals surface area contributed by atoms with Crippen LogP contribution in [0.2, 0.25) is 5.02 Å². The number of piperidine rings is 1. The predicted octanol–water partition coefficient (Wildman–Crippen LogP) is 4.35. The molecule has 1 saturated heterocycles. The van der Waals surface area contributed by atoms with Crippen LogP contribution >= 0.6 is 11.6 Å². The summed E-state index contributed by atoms with van der Waals surface area (Å²) in [5.41, 5.74) is 3.91. The first-order chi connectivity index (χ1) is 11.2. The van der Waals surface area contributed by atoms with Crippen LogP contribution in [-0.4, -0.2) is 27.7 Å². The SMILES string of the molecule is Cc1cc(N2CCCCC2)n2nc(-c3ccc(Cl)cc3)cc2n1. The van der Waals surface area contributed by atoms with Crippen LogP contribution in [0.15, 0.2) is 36.4 Å². The number of aromatic nitrogens is 3. The molecule has 0 aliphatic carbocycles. The molecule has 0 spiro atoms. The minimum absolute atomic E-state index is 0.737. The normalized spacial score (nSPS) is 15.3. The van der Waals surface area contributed by atoms with Crippen LogP contribution in [0.25, 0.3) is 16.9 Å². The molecule has 0 radical (unpaired) electrons. The van der Waals surface area contributed by atoms with E-state index in [1.54, 1.807) is 0 Å². The lowest BCUT2D eigenvalue weighted by atomic mass is 10.1. The van der Waals surface area contributed by atoms with E-state index in [-0.39, 0.29) is 0 Å². The van der Waals surface area contributed by atoms with Gasteiger partial charge in [-0.05, 0) is 38.3 Å². The summed E-state index contributed by atoms with van der Waals surface area (Å²) in [4.78, 5) is 7.06. The summed E-state index contributed by atoms with van der Waals surface area (Å²) in [5.74, 6) is 1.15. The number of halogens is 1. The Balaban J connectivity index is 1.82. The molecule has 23 heavy (non-hydrogen) atoms. The summed E-state index contributed by atoms with van der Waals surface area (Å²) in [6.07, 6.45) is 3.81. The van der Waals surface area contributed by atoms with Gasteiger partial charge in [0.1, 0.15) is 5.82 Å². The third-order valence-corrected chi connectivity index (χ3v) is 4.61. The molecule has 0 bridgehead atoms. The van der Waals surface area contributed by atoms with Crippen LogP contribution in [0, 0.1) is 6.92 Å². The Bertz CT molecular complexity index is 832. The van der Waals surface area contributed by atoms with E-state index in [0.29, 0.717) is 0 Å². The van der Waals surface area contributed by atoms with Gasteiger partial charge in [0.15, 0.2) is 5.65 Å². The number of benzene rings is 1. The molecule has 1 fully saturated rings. The van der Waals surface area contributed by atoms with Crippen LogP contribution in [0.4, 0.5) is 5.82 Å². The maximum atomic E-state index is 5.98. The van der Waals surface area contributed by atoms with Crippen molar-refractivity contribution in [2.24, 2.45) is 0 Å². The Morgan fingerprint density at radius 2 is 1.74 bits per heavy atom. The summed E-state index contributed by atoms with van der Waals surface area (Å²) >= 11 is 5.98. The molecule has 1 aliphatic rings. The van der Waals surface area contributed by atoms with Gasteiger partial charge in [0.05, 0.1) is 5.69 Å². The Morgan fingerprint density at radius 3 is 2.48 bits per heavy atom. The topological polar surface area (TPSA) is 33.4 Å². The van der Waals surface area contributed by atoms with Gasteiger partial charge in [-0.1, -0.05) is 23.7 Å². The average molecular weight is 327 g/mol. The molecule has 0 amide bonds. The summed E-state index contributed by atoms with van der Waals surface area (Å²) < 4.78 is 1.97. The van der Waals surface area contributed by atoms with E-state index in [4.69, 9.17) is 16.7 Å². The van der Waals surface area contributed by atoms with Crippen molar-refractivity contribution in [2.45, 2.75) is 26.2 Å². The first-order valence-electron chi connectivity index (χ1n) is 8.09. The number of hydrogen-bond donors (Lipinski definition) is 0. The molecule has 0 saturated carbocycles. The smallest absolute Gasteiger partial charge is 0.158 e. The van der Waals surface area contributed by atoms with E-state index in [0.717, 1.165) is 46.5 Å². The van der Waals surface area contributed by atoms with Gasteiger partial charge in [-0.2, -0.15) is 9.61 Å². The predicted molar refractivity (Wildman–Crippen MR) is 94.2 cm³/mol. The molecule has 4 nitrogen and oxygen atoms in total. The molecule has 0 atom stereocenters. The molecule has 4 rings (SSSR count). The lowest BCUT2D eigenvalue weighted by molar-refractivity contribution is 0.568. The Hall–Kier alpha value is -2.07. The summed E-state index contributed by atoms with van der Waals surface area (Å²) in [7, 11) is 0. The second-order valence-electron chi connectivity index (χ2n) is 6.11. The molecule has 1 aliphatic heterocycles. The second-order valence-corrected chi connectivity index (χ2v) is 6.55. The van der Waals surface area contributed by atoms with Gasteiger partial charge >= 0.3 is 0 Å². The van der Waals surface area contributed by atoms with Crippen molar-refractivity contribution in [3.05, 3.63) is 47.1 Å². The summed E-state index contributed by atoms with van der Waals surface area (Å²) in [5, 5.41) is 5.53. The van der Waals surface area contributed by atoms with Crippen molar-refractivity contribution in [1.29, 1.82) is 0 Å². The highest BCUT2D eigenvalue weighted by Crippen LogP contribution is 2.26. The van der Waals surface area contributed by atoms with E-state index < -0.39 is 0 Å². The van der Waals surface area contributed by atoms with Gasteiger partial charge in [-0.15, -0.1) is 0 Å². The van der Waals surface area contributed by atoms with Crippen molar-refractivity contribution < 1.29 is 0 Å². The van der Waals surface area contributed by atoms with E-state index >= 15 is 0 Å². The Kier molecular flexibility index (Phi) is 3.69. The lowest BCUT2D eigenvalue weighted by Crippen LogP contribution is -2.31. The van der Waals surface area contributed by atoms with E-state index in [9.17, 15) is 0 Å². The Labute approximate surface area is 140 Å². The monoisotopic (exact) mass is 326 g/mol. The molecular weight excluding hydrogens is 308 g/mol. The van der Waals surface area contributed by atoms with Gasteiger partial charge in [0, 0.05) is 41.5 Å². The first kappa shape index (κ1) is 14.5. The summed E-state index contributed by atoms with van der Waals surface area (Å²) in [6, 6.07) is 12.0. The number of fused-ring (bicyclic) bond motifs is 1. The van der Waals surface area contributed by atoms with Crippen molar-refractivity contribution in [3.8, 4) is 11.3 Å². The van der Waals surface area contributed by atoms with E-state index in [1.165, 1.54) is 19.3 Å². The largest absolute Gasteiger partial charge is 0.356 e. The molecule has 1 aromatic carbocycles. The van der Waals surface area contributed by atoms with Crippen LogP contribution in [-0.2, 0) is 0 Å². The zero-order valence-electron chi connectivity index (χ0n) is 13.2. The highest BCUT2D eigenvalue weighted by molar-refractivity contribution is 6.30. The standard InChI is InChI=1S/C18H19ClN4/c1-13-11-18(22-9-3-2-4-10-22)23-17(20-13)12-16(21-23)14-5-7-15(19)8-6-14/h5-8,11-12H,2-4,9-10H2,1H3. The number of hydrogen-bond acceptors (Lipinski definition) is 3. The minimum Gasteiger partial charge on any atom is -0.356 e. The van der Waals surface area contributed by atoms with E-state index in [2.05, 4.69) is 16.0 Å². The molecule has 3 heterocycles. The fourth-order valence-corrected chi connectivity index (χ4v) is 3.32. The maximum absolute atomic E-state index is 5.98. The highest BCUT2D eigenvalue weighted by atomic mass is 35.5. The van der Waals surface area contributed by atoms with Crippen LogP contribution in [0.1, 0.15) is 25.0 Å². The molecule has 3 aromatic rings. The maximum Gasteiger partial charge on any atom is 0.158 e. The zero-order chi connectivity index (χ0) is 15.8. The van der Waals surface area contributed by atoms with Gasteiger partial charge < -0.3 is 4.90 Å². The molecular formula is C18H19ClN4. The minimum atomic E-state index is 0.737. The number of nitrogens with zero attached hydrogens (tertiary/aromatic N) is 4. The quantitative estimate of drug-likeness (QED) is 0.702. The molecule has 2 aromatic heterocycles. The van der Waals surface area contributed by atoms with Gasteiger partial charge in [0.25, 0.3) is 0 Å². The first-order valence-corrected chi connectivity index (χ1v) is 8.47. The molecule has 0 unspecified atom stereocenters. The fraction of sp³-hybridized carbons (Fsp3) is 0.333.